The Morgan fingerprint density at radius 1 is 1.44 bits per heavy atom. The Balaban J connectivity index is 2.70. The van der Waals surface area contributed by atoms with Gasteiger partial charge >= 0.3 is 0 Å². The van der Waals surface area contributed by atoms with Crippen LogP contribution in [-0.4, -0.2) is 52.5 Å². The van der Waals surface area contributed by atoms with Gasteiger partial charge in [-0.05, 0) is 32.4 Å². The van der Waals surface area contributed by atoms with E-state index in [2.05, 4.69) is 6.92 Å². The molecule has 0 amide bonds. The second-order valence-electron chi connectivity index (χ2n) is 4.34. The van der Waals surface area contributed by atoms with E-state index < -0.39 is 0 Å². The Morgan fingerprint density at radius 2 is 2.11 bits per heavy atom. The van der Waals surface area contributed by atoms with Gasteiger partial charge in [0.25, 0.3) is 0 Å². The lowest BCUT2D eigenvalue weighted by Gasteiger charge is -2.23. The van der Waals surface area contributed by atoms with E-state index in [1.54, 1.807) is 11.8 Å². The van der Waals surface area contributed by atoms with Crippen molar-refractivity contribution in [3.63, 3.8) is 0 Å². The molecule has 4 nitrogen and oxygen atoms in total. The van der Waals surface area contributed by atoms with Gasteiger partial charge in [-0.3, -0.25) is 9.69 Å². The number of carbonyl (C=O) groups excluding carboxylic acids is 1. The number of hydrogen-bond acceptors (Lipinski definition) is 5. The lowest BCUT2D eigenvalue weighted by molar-refractivity contribution is 0.0928. The molecule has 1 rings (SSSR count). The first-order chi connectivity index (χ1) is 8.45. The molecular formula is C13H19NO3S. The molecule has 1 atom stereocenters. The van der Waals surface area contributed by atoms with Gasteiger partial charge in [-0.15, -0.1) is 0 Å². The van der Waals surface area contributed by atoms with Crippen molar-refractivity contribution in [1.82, 2.24) is 4.90 Å². The molecular weight excluding hydrogens is 250 g/mol. The minimum absolute atomic E-state index is 0.0480. The number of rotatable bonds is 6. The summed E-state index contributed by atoms with van der Waals surface area (Å²) >= 11 is 1.73. The van der Waals surface area contributed by atoms with Crippen molar-refractivity contribution in [3.8, 4) is 11.5 Å². The molecule has 5 heteroatoms. The van der Waals surface area contributed by atoms with E-state index in [-0.39, 0.29) is 29.4 Å². The number of carbonyl (C=O) groups is 1. The maximum Gasteiger partial charge on any atom is 0.180 e. The van der Waals surface area contributed by atoms with Gasteiger partial charge in [0.2, 0.25) is 0 Å². The van der Waals surface area contributed by atoms with Crippen molar-refractivity contribution in [2.75, 3.05) is 25.6 Å². The van der Waals surface area contributed by atoms with Gasteiger partial charge in [-0.2, -0.15) is 11.8 Å². The quantitative estimate of drug-likeness (QED) is 0.773. The fourth-order valence-corrected chi connectivity index (χ4v) is 2.33. The molecule has 0 aliphatic heterocycles. The number of benzene rings is 1. The number of ketones is 1. The number of thioether (sulfide) groups is 1. The lowest BCUT2D eigenvalue weighted by atomic mass is 10.1. The van der Waals surface area contributed by atoms with Crippen LogP contribution in [0.2, 0.25) is 0 Å². The second-order valence-corrected chi connectivity index (χ2v) is 5.25. The average Bonchev–Trinajstić information content (AvgIpc) is 2.28. The predicted octanol–water partition coefficient (Wildman–Crippen LogP) is 1.96. The van der Waals surface area contributed by atoms with E-state index in [1.807, 2.05) is 18.2 Å². The van der Waals surface area contributed by atoms with Crippen LogP contribution in [0.15, 0.2) is 18.2 Å². The molecule has 18 heavy (non-hydrogen) atoms. The largest absolute Gasteiger partial charge is 0.508 e. The summed E-state index contributed by atoms with van der Waals surface area (Å²) in [7, 11) is 1.89. The number of hydrogen-bond donors (Lipinski definition) is 2. The second kappa shape index (κ2) is 6.66. The van der Waals surface area contributed by atoms with E-state index in [1.165, 1.54) is 18.2 Å². The molecule has 1 unspecified atom stereocenters. The van der Waals surface area contributed by atoms with E-state index >= 15 is 0 Å². The standard InChI is InChI=1S/C13H19NO3S/c1-9(8-18-3)14(2)7-13(17)11-5-4-10(15)6-12(11)16/h4-6,9,15-16H,7-8H2,1-3H3. The molecule has 0 saturated carbocycles. The summed E-state index contributed by atoms with van der Waals surface area (Å²) in [5.74, 6) is 0.577. The lowest BCUT2D eigenvalue weighted by Crippen LogP contribution is -2.35. The average molecular weight is 269 g/mol. The first-order valence-corrected chi connectivity index (χ1v) is 7.09. The molecule has 0 radical (unpaired) electrons. The molecule has 0 aliphatic carbocycles. The molecule has 1 aromatic carbocycles. The minimum Gasteiger partial charge on any atom is -0.508 e. The maximum absolute atomic E-state index is 12.0. The monoisotopic (exact) mass is 269 g/mol. The normalized spacial score (nSPS) is 12.7. The zero-order valence-electron chi connectivity index (χ0n) is 10.9. The van der Waals surface area contributed by atoms with Crippen molar-refractivity contribution < 1.29 is 15.0 Å². The molecule has 0 spiro atoms. The molecule has 0 aromatic heterocycles. The van der Waals surface area contributed by atoms with Crippen LogP contribution in [0.25, 0.3) is 0 Å². The van der Waals surface area contributed by atoms with Crippen molar-refractivity contribution in [3.05, 3.63) is 23.8 Å². The van der Waals surface area contributed by atoms with Crippen LogP contribution in [-0.2, 0) is 0 Å². The zero-order chi connectivity index (χ0) is 13.7. The summed E-state index contributed by atoms with van der Waals surface area (Å²) in [4.78, 5) is 14.0. The summed E-state index contributed by atoms with van der Waals surface area (Å²) < 4.78 is 0. The van der Waals surface area contributed by atoms with Crippen molar-refractivity contribution in [1.29, 1.82) is 0 Å². The highest BCUT2D eigenvalue weighted by atomic mass is 32.2. The van der Waals surface area contributed by atoms with Crippen molar-refractivity contribution in [2.45, 2.75) is 13.0 Å². The third-order valence-corrected chi connectivity index (χ3v) is 3.65. The molecule has 100 valence electrons. The van der Waals surface area contributed by atoms with Crippen LogP contribution in [0, 0.1) is 0 Å². The first-order valence-electron chi connectivity index (χ1n) is 5.70. The van der Waals surface area contributed by atoms with Crippen LogP contribution in [0.3, 0.4) is 0 Å². The number of nitrogens with zero attached hydrogens (tertiary/aromatic N) is 1. The topological polar surface area (TPSA) is 60.8 Å². The first kappa shape index (κ1) is 14.9. The fourth-order valence-electron chi connectivity index (χ4n) is 1.59. The molecule has 0 fully saturated rings. The Morgan fingerprint density at radius 3 is 2.67 bits per heavy atom. The van der Waals surface area contributed by atoms with Gasteiger partial charge in [0.1, 0.15) is 11.5 Å². The highest BCUT2D eigenvalue weighted by Gasteiger charge is 2.16. The highest BCUT2D eigenvalue weighted by molar-refractivity contribution is 7.98. The van der Waals surface area contributed by atoms with Crippen LogP contribution in [0.1, 0.15) is 17.3 Å². The Kier molecular flexibility index (Phi) is 5.50. The third-order valence-electron chi connectivity index (χ3n) is 2.84. The van der Waals surface area contributed by atoms with Crippen LogP contribution in [0.4, 0.5) is 0 Å². The third kappa shape index (κ3) is 3.92. The van der Waals surface area contributed by atoms with E-state index in [0.717, 1.165) is 5.75 Å². The summed E-state index contributed by atoms with van der Waals surface area (Å²) in [5, 5.41) is 18.8. The number of phenols is 2. The smallest absolute Gasteiger partial charge is 0.180 e. The summed E-state index contributed by atoms with van der Waals surface area (Å²) in [6, 6.07) is 4.32. The minimum atomic E-state index is -0.175. The molecule has 0 heterocycles. The maximum atomic E-state index is 12.0. The van der Waals surface area contributed by atoms with Gasteiger partial charge in [-0.25, -0.2) is 0 Å². The molecule has 2 N–H and O–H groups in total. The Labute approximate surface area is 112 Å². The molecule has 0 aliphatic rings. The number of Topliss-reactive ketones (excluding diaryl/α,β-unsaturated/α-hetero) is 1. The van der Waals surface area contributed by atoms with Gasteiger partial charge in [0, 0.05) is 17.9 Å². The van der Waals surface area contributed by atoms with Crippen molar-refractivity contribution >= 4 is 17.5 Å². The Bertz CT molecular complexity index is 423. The molecule has 1 aromatic rings. The molecule has 0 saturated heterocycles. The van der Waals surface area contributed by atoms with Gasteiger partial charge in [-0.1, -0.05) is 0 Å². The van der Waals surface area contributed by atoms with Gasteiger partial charge in [0.05, 0.1) is 12.1 Å². The van der Waals surface area contributed by atoms with Gasteiger partial charge < -0.3 is 10.2 Å². The van der Waals surface area contributed by atoms with Crippen LogP contribution < -0.4 is 0 Å². The number of phenolic OH excluding ortho intramolecular Hbond substituents is 2. The predicted molar refractivity (Wildman–Crippen MR) is 74.6 cm³/mol. The highest BCUT2D eigenvalue weighted by Crippen LogP contribution is 2.23. The van der Waals surface area contributed by atoms with E-state index in [4.69, 9.17) is 0 Å². The van der Waals surface area contributed by atoms with E-state index in [9.17, 15) is 15.0 Å². The van der Waals surface area contributed by atoms with Gasteiger partial charge in [0.15, 0.2) is 5.78 Å². The zero-order valence-corrected chi connectivity index (χ0v) is 11.7. The Hall–Kier alpha value is -1.20. The van der Waals surface area contributed by atoms with Crippen LogP contribution >= 0.6 is 11.8 Å². The summed E-state index contributed by atoms with van der Waals surface area (Å²) in [6.45, 7) is 2.31. The SMILES string of the molecule is CSCC(C)N(C)CC(=O)c1ccc(O)cc1O. The van der Waals surface area contributed by atoms with E-state index in [0.29, 0.717) is 6.04 Å². The number of likely N-dealkylation sites (N-methyl/N-ethyl adjacent to an activating group) is 1. The van der Waals surface area contributed by atoms with Crippen LogP contribution in [0.5, 0.6) is 11.5 Å². The summed E-state index contributed by atoms with van der Waals surface area (Å²) in [6.07, 6.45) is 2.03. The molecule has 0 bridgehead atoms. The summed E-state index contributed by atoms with van der Waals surface area (Å²) in [5.41, 5.74) is 0.246. The van der Waals surface area contributed by atoms with Crippen molar-refractivity contribution in [2.24, 2.45) is 0 Å². The number of aromatic hydroxyl groups is 2. The fraction of sp³-hybridized carbons (Fsp3) is 0.462.